The van der Waals surface area contributed by atoms with E-state index in [0.29, 0.717) is 31.6 Å². The van der Waals surface area contributed by atoms with Crippen LogP contribution in [-0.4, -0.2) is 43.5 Å². The van der Waals surface area contributed by atoms with Crippen LogP contribution in [0.3, 0.4) is 0 Å². The number of benzene rings is 1. The van der Waals surface area contributed by atoms with Gasteiger partial charge in [0, 0.05) is 30.9 Å². The topological polar surface area (TPSA) is 90.5 Å². The summed E-state index contributed by atoms with van der Waals surface area (Å²) in [6.07, 6.45) is 2.50. The summed E-state index contributed by atoms with van der Waals surface area (Å²) >= 11 is 0. The molecule has 7 nitrogen and oxygen atoms in total. The molecular formula is C17H22N4O3. The van der Waals surface area contributed by atoms with Crippen LogP contribution < -0.4 is 20.9 Å². The van der Waals surface area contributed by atoms with Gasteiger partial charge in [0.25, 0.3) is 5.91 Å². The highest BCUT2D eigenvalue weighted by molar-refractivity contribution is 5.99. The van der Waals surface area contributed by atoms with E-state index in [1.54, 1.807) is 23.1 Å². The number of carbonyl (C=O) groups is 3. The summed E-state index contributed by atoms with van der Waals surface area (Å²) in [6, 6.07) is 4.63. The number of carbonyl (C=O) groups excluding carboxylic acids is 3. The van der Waals surface area contributed by atoms with Gasteiger partial charge < -0.3 is 16.0 Å². The molecule has 0 radical (unpaired) electrons. The minimum Gasteiger partial charge on any atom is -0.354 e. The summed E-state index contributed by atoms with van der Waals surface area (Å²) in [5, 5.41) is 8.38. The standard InChI is InChI=1S/C17H22N4O3/c1-11-10-12(5-6-14(11)21-9-8-19-17(21)24)15(22)20-13-4-2-3-7-18-16(13)23/h5-6,10,13H,2-4,7-9H2,1H3,(H,18,23)(H,19,24)(H,20,22)/t13-/m0/s1. The molecule has 4 amide bonds. The normalized spacial score (nSPS) is 21.0. The zero-order valence-electron chi connectivity index (χ0n) is 13.7. The average Bonchev–Trinajstić information content (AvgIpc) is 2.88. The molecule has 2 aliphatic rings. The van der Waals surface area contributed by atoms with E-state index in [9.17, 15) is 14.4 Å². The minimum atomic E-state index is -0.482. The first-order chi connectivity index (χ1) is 11.6. The fourth-order valence-electron chi connectivity index (χ4n) is 3.12. The first-order valence-electron chi connectivity index (χ1n) is 8.31. The van der Waals surface area contributed by atoms with Crippen LogP contribution in [-0.2, 0) is 4.79 Å². The van der Waals surface area contributed by atoms with Crippen molar-refractivity contribution < 1.29 is 14.4 Å². The Bertz CT molecular complexity index is 674. The Hall–Kier alpha value is -2.57. The van der Waals surface area contributed by atoms with Crippen LogP contribution in [0.4, 0.5) is 10.5 Å². The lowest BCUT2D eigenvalue weighted by Crippen LogP contribution is -2.45. The van der Waals surface area contributed by atoms with E-state index >= 15 is 0 Å². The molecule has 3 rings (SSSR count). The second kappa shape index (κ2) is 6.90. The Labute approximate surface area is 140 Å². The van der Waals surface area contributed by atoms with E-state index in [0.717, 1.165) is 24.1 Å². The zero-order chi connectivity index (χ0) is 17.1. The highest BCUT2D eigenvalue weighted by Gasteiger charge is 2.25. The van der Waals surface area contributed by atoms with Crippen molar-refractivity contribution >= 4 is 23.5 Å². The fourth-order valence-corrected chi connectivity index (χ4v) is 3.12. The maximum Gasteiger partial charge on any atom is 0.322 e. The van der Waals surface area contributed by atoms with Crippen LogP contribution >= 0.6 is 0 Å². The van der Waals surface area contributed by atoms with E-state index in [1.807, 2.05) is 6.92 Å². The molecule has 3 N–H and O–H groups in total. The van der Waals surface area contributed by atoms with Gasteiger partial charge in [0.1, 0.15) is 6.04 Å². The van der Waals surface area contributed by atoms with Gasteiger partial charge in [0.05, 0.1) is 0 Å². The summed E-state index contributed by atoms with van der Waals surface area (Å²) in [7, 11) is 0. The molecule has 0 aromatic heterocycles. The van der Waals surface area contributed by atoms with Crippen molar-refractivity contribution in [2.45, 2.75) is 32.2 Å². The number of aryl methyl sites for hydroxylation is 1. The molecule has 1 aromatic rings. The van der Waals surface area contributed by atoms with Gasteiger partial charge in [-0.3, -0.25) is 14.5 Å². The highest BCUT2D eigenvalue weighted by Crippen LogP contribution is 2.23. The molecule has 1 atom stereocenters. The van der Waals surface area contributed by atoms with Gasteiger partial charge in [-0.25, -0.2) is 4.79 Å². The summed E-state index contributed by atoms with van der Waals surface area (Å²) in [5.74, 6) is -0.388. The largest absolute Gasteiger partial charge is 0.354 e. The number of nitrogens with one attached hydrogen (secondary N) is 3. The number of hydrogen-bond donors (Lipinski definition) is 3. The average molecular weight is 330 g/mol. The maximum atomic E-state index is 12.4. The van der Waals surface area contributed by atoms with E-state index in [1.165, 1.54) is 0 Å². The molecule has 2 saturated heterocycles. The van der Waals surface area contributed by atoms with Crippen molar-refractivity contribution in [3.8, 4) is 0 Å². The highest BCUT2D eigenvalue weighted by atomic mass is 16.2. The Morgan fingerprint density at radius 2 is 2.04 bits per heavy atom. The van der Waals surface area contributed by atoms with E-state index < -0.39 is 6.04 Å². The first-order valence-corrected chi connectivity index (χ1v) is 8.31. The Kier molecular flexibility index (Phi) is 4.69. The minimum absolute atomic E-state index is 0.120. The number of rotatable bonds is 3. The second-order valence-electron chi connectivity index (χ2n) is 6.20. The summed E-state index contributed by atoms with van der Waals surface area (Å²) in [6.45, 7) is 3.78. The Balaban J connectivity index is 1.72. The Morgan fingerprint density at radius 3 is 2.75 bits per heavy atom. The van der Waals surface area contributed by atoms with Crippen molar-refractivity contribution in [1.82, 2.24) is 16.0 Å². The van der Waals surface area contributed by atoms with Crippen LogP contribution in [0.1, 0.15) is 35.2 Å². The van der Waals surface area contributed by atoms with E-state index in [-0.39, 0.29) is 17.8 Å². The predicted octanol–water partition coefficient (Wildman–Crippen LogP) is 0.923. The molecule has 0 unspecified atom stereocenters. The van der Waals surface area contributed by atoms with Crippen LogP contribution in [0.5, 0.6) is 0 Å². The second-order valence-corrected chi connectivity index (χ2v) is 6.20. The predicted molar refractivity (Wildman–Crippen MR) is 90.0 cm³/mol. The third-order valence-corrected chi connectivity index (χ3v) is 4.45. The molecule has 0 spiro atoms. The Morgan fingerprint density at radius 1 is 1.21 bits per heavy atom. The lowest BCUT2D eigenvalue weighted by atomic mass is 10.1. The molecule has 2 fully saturated rings. The number of amides is 4. The van der Waals surface area contributed by atoms with Gasteiger partial charge in [0.15, 0.2) is 0 Å². The fraction of sp³-hybridized carbons (Fsp3) is 0.471. The quantitative estimate of drug-likeness (QED) is 0.770. The van der Waals surface area contributed by atoms with Crippen molar-refractivity contribution in [3.05, 3.63) is 29.3 Å². The number of nitrogens with zero attached hydrogens (tertiary/aromatic N) is 1. The van der Waals surface area contributed by atoms with Gasteiger partial charge in [-0.15, -0.1) is 0 Å². The van der Waals surface area contributed by atoms with Crippen molar-refractivity contribution in [1.29, 1.82) is 0 Å². The third-order valence-electron chi connectivity index (χ3n) is 4.45. The summed E-state index contributed by atoms with van der Waals surface area (Å²) in [4.78, 5) is 37.8. The van der Waals surface area contributed by atoms with Crippen LogP contribution in [0.25, 0.3) is 0 Å². The van der Waals surface area contributed by atoms with Gasteiger partial charge in [-0.1, -0.05) is 0 Å². The van der Waals surface area contributed by atoms with Crippen LogP contribution in [0, 0.1) is 6.92 Å². The molecule has 1 aromatic carbocycles. The number of urea groups is 1. The van der Waals surface area contributed by atoms with Crippen LogP contribution in [0.15, 0.2) is 18.2 Å². The molecule has 7 heteroatoms. The summed E-state index contributed by atoms with van der Waals surface area (Å²) < 4.78 is 0. The lowest BCUT2D eigenvalue weighted by Gasteiger charge is -2.19. The van der Waals surface area contributed by atoms with Crippen molar-refractivity contribution in [2.75, 3.05) is 24.5 Å². The van der Waals surface area contributed by atoms with Crippen molar-refractivity contribution in [2.24, 2.45) is 0 Å². The molecule has 128 valence electrons. The molecule has 24 heavy (non-hydrogen) atoms. The molecule has 0 aliphatic carbocycles. The monoisotopic (exact) mass is 330 g/mol. The lowest BCUT2D eigenvalue weighted by molar-refractivity contribution is -0.122. The first kappa shape index (κ1) is 16.3. The molecule has 0 saturated carbocycles. The van der Waals surface area contributed by atoms with Gasteiger partial charge in [0.2, 0.25) is 5.91 Å². The molecule has 2 heterocycles. The smallest absolute Gasteiger partial charge is 0.322 e. The molecular weight excluding hydrogens is 308 g/mol. The molecule has 2 aliphatic heterocycles. The molecule has 0 bridgehead atoms. The SMILES string of the molecule is Cc1cc(C(=O)N[C@H]2CCCCNC2=O)ccc1N1CCNC1=O. The number of anilines is 1. The van der Waals surface area contributed by atoms with Crippen molar-refractivity contribution in [3.63, 3.8) is 0 Å². The maximum absolute atomic E-state index is 12.4. The third kappa shape index (κ3) is 3.34. The summed E-state index contributed by atoms with van der Waals surface area (Å²) in [5.41, 5.74) is 2.15. The van der Waals surface area contributed by atoms with Gasteiger partial charge >= 0.3 is 6.03 Å². The van der Waals surface area contributed by atoms with E-state index in [4.69, 9.17) is 0 Å². The van der Waals surface area contributed by atoms with E-state index in [2.05, 4.69) is 16.0 Å². The number of hydrogen-bond acceptors (Lipinski definition) is 3. The van der Waals surface area contributed by atoms with Gasteiger partial charge in [-0.05, 0) is 49.9 Å². The van der Waals surface area contributed by atoms with Crippen LogP contribution in [0.2, 0.25) is 0 Å². The van der Waals surface area contributed by atoms with Gasteiger partial charge in [-0.2, -0.15) is 0 Å². The zero-order valence-corrected chi connectivity index (χ0v) is 13.7.